The fraction of sp³-hybridized carbons (Fsp3) is 0.421. The van der Waals surface area contributed by atoms with E-state index in [0.29, 0.717) is 49.9 Å². The summed E-state index contributed by atoms with van der Waals surface area (Å²) in [5, 5.41) is 9.75. The van der Waals surface area contributed by atoms with Gasteiger partial charge in [-0.2, -0.15) is 9.97 Å². The molecule has 10 nitrogen and oxygen atoms in total. The molecule has 2 atom stereocenters. The molecule has 11 heteroatoms. The van der Waals surface area contributed by atoms with Crippen molar-refractivity contribution in [2.24, 2.45) is 5.73 Å². The number of amides is 2. The molecule has 3 N–H and O–H groups in total. The molecule has 1 unspecified atom stereocenters. The number of nitrogens with two attached hydrogens (primary N) is 1. The molecule has 0 radical (unpaired) electrons. The van der Waals surface area contributed by atoms with Crippen LogP contribution in [0.4, 0.5) is 16.6 Å². The topological polar surface area (TPSA) is 138 Å². The Labute approximate surface area is 177 Å². The molecule has 0 aromatic carbocycles. The number of fused-ring (bicyclic) bond motifs is 1. The fourth-order valence-corrected chi connectivity index (χ4v) is 3.98. The number of quaternary nitrogens is 1. The van der Waals surface area contributed by atoms with E-state index in [4.69, 9.17) is 26.8 Å². The van der Waals surface area contributed by atoms with E-state index in [9.17, 15) is 14.7 Å². The maximum atomic E-state index is 12.8. The minimum atomic E-state index is -0.741. The highest BCUT2D eigenvalue weighted by atomic mass is 35.5. The predicted octanol–water partition coefficient (Wildman–Crippen LogP) is 1.66. The zero-order chi connectivity index (χ0) is 21.3. The Balaban J connectivity index is 1.86. The number of hydrogen-bond acceptors (Lipinski definition) is 8. The highest BCUT2D eigenvalue weighted by molar-refractivity contribution is 6.31. The average Bonchev–Trinajstić information content (AvgIpc) is 3.26. The van der Waals surface area contributed by atoms with E-state index in [1.54, 1.807) is 6.07 Å². The summed E-state index contributed by atoms with van der Waals surface area (Å²) in [6.07, 6.45) is 3.60. The molecule has 2 amide bonds. The second-order valence-corrected chi connectivity index (χ2v) is 7.60. The molecule has 2 aliphatic heterocycles. The first kappa shape index (κ1) is 20.6. The Morgan fingerprint density at radius 3 is 2.97 bits per heavy atom. The number of primary amides is 1. The number of aromatic nitrogens is 3. The number of ether oxygens (including phenoxy) is 2. The maximum absolute atomic E-state index is 12.8. The molecule has 158 valence electrons. The third-order valence-electron chi connectivity index (χ3n) is 5.36. The monoisotopic (exact) mass is 434 g/mol. The molecule has 0 aliphatic carbocycles. The number of aliphatic hydroxyl groups excluding tert-OH is 1. The number of carbonyl (C=O) groups excluding carboxylic acids is 2. The second-order valence-electron chi connectivity index (χ2n) is 7.19. The average molecular weight is 435 g/mol. The minimum absolute atomic E-state index is 0.0374. The van der Waals surface area contributed by atoms with E-state index < -0.39 is 10.5 Å². The summed E-state index contributed by atoms with van der Waals surface area (Å²) < 4.78 is 10.6. The van der Waals surface area contributed by atoms with Crippen molar-refractivity contribution in [3.05, 3.63) is 34.1 Å². The molecular formula is C19H21ClN5O5+. The van der Waals surface area contributed by atoms with Crippen LogP contribution in [0, 0.1) is 0 Å². The molecule has 1 fully saturated rings. The van der Waals surface area contributed by atoms with E-state index >= 15 is 0 Å². The number of nitrogens with zero attached hydrogens (tertiary/aromatic N) is 4. The molecule has 1 saturated heterocycles. The van der Waals surface area contributed by atoms with Gasteiger partial charge in [-0.25, -0.2) is 4.79 Å². The van der Waals surface area contributed by atoms with Crippen molar-refractivity contribution < 1.29 is 24.2 Å². The predicted molar refractivity (Wildman–Crippen MR) is 107 cm³/mol. The molecular weight excluding hydrogens is 414 g/mol. The fourth-order valence-electron chi connectivity index (χ4n) is 3.84. The molecule has 0 bridgehead atoms. The molecule has 4 heterocycles. The van der Waals surface area contributed by atoms with Crippen LogP contribution in [0.2, 0.25) is 5.02 Å². The lowest BCUT2D eigenvalue weighted by atomic mass is 10.0. The Kier molecular flexibility index (Phi) is 5.65. The van der Waals surface area contributed by atoms with Gasteiger partial charge in [0.05, 0.1) is 26.0 Å². The summed E-state index contributed by atoms with van der Waals surface area (Å²) in [5.41, 5.74) is 6.96. The van der Waals surface area contributed by atoms with Crippen LogP contribution in [-0.2, 0) is 17.8 Å². The van der Waals surface area contributed by atoms with Crippen molar-refractivity contribution in [1.29, 1.82) is 0 Å². The first-order chi connectivity index (χ1) is 14.5. The van der Waals surface area contributed by atoms with Crippen molar-refractivity contribution in [2.75, 3.05) is 19.8 Å². The SMILES string of the molecule is NC(=O)[N@@+]1(c2ncc(Cl)c(OC3CCOC3)n2)CCCc2cc(CO)c(C=O)nc21. The molecule has 2 aromatic heterocycles. The third kappa shape index (κ3) is 3.41. The van der Waals surface area contributed by atoms with Gasteiger partial charge in [0.25, 0.3) is 0 Å². The second kappa shape index (κ2) is 8.23. The van der Waals surface area contributed by atoms with E-state index in [1.165, 1.54) is 6.20 Å². The normalized spacial score (nSPS) is 23.1. The van der Waals surface area contributed by atoms with Gasteiger partial charge < -0.3 is 20.3 Å². The lowest BCUT2D eigenvalue weighted by molar-refractivity contribution is 0.111. The Morgan fingerprint density at radius 2 is 2.30 bits per heavy atom. The van der Waals surface area contributed by atoms with Gasteiger partial charge in [0.1, 0.15) is 23.4 Å². The maximum Gasteiger partial charge on any atom is 0.428 e. The van der Waals surface area contributed by atoms with Crippen molar-refractivity contribution in [3.63, 3.8) is 0 Å². The zero-order valence-electron chi connectivity index (χ0n) is 16.1. The minimum Gasteiger partial charge on any atom is -0.471 e. The lowest BCUT2D eigenvalue weighted by Crippen LogP contribution is -2.57. The van der Waals surface area contributed by atoms with Gasteiger partial charge >= 0.3 is 12.0 Å². The summed E-state index contributed by atoms with van der Waals surface area (Å²) in [7, 11) is 0. The Hall–Kier alpha value is -2.66. The highest BCUT2D eigenvalue weighted by Crippen LogP contribution is 2.40. The molecule has 4 rings (SSSR count). The van der Waals surface area contributed by atoms with Crippen LogP contribution in [0.15, 0.2) is 12.3 Å². The van der Waals surface area contributed by atoms with Gasteiger partial charge in [-0.1, -0.05) is 11.6 Å². The number of hydrogen-bond donors (Lipinski definition) is 2. The van der Waals surface area contributed by atoms with Crippen molar-refractivity contribution in [2.45, 2.75) is 32.0 Å². The van der Waals surface area contributed by atoms with Crippen molar-refractivity contribution in [1.82, 2.24) is 19.4 Å². The third-order valence-corrected chi connectivity index (χ3v) is 5.62. The Morgan fingerprint density at radius 1 is 1.47 bits per heavy atom. The van der Waals surface area contributed by atoms with Crippen LogP contribution in [-0.4, -0.2) is 58.2 Å². The molecule has 2 aromatic rings. The number of urea groups is 1. The summed E-state index contributed by atoms with van der Waals surface area (Å²) in [6.45, 7) is 0.923. The Bertz CT molecular complexity index is 998. The van der Waals surface area contributed by atoms with Gasteiger partial charge in [-0.05, 0) is 12.5 Å². The smallest absolute Gasteiger partial charge is 0.428 e. The summed E-state index contributed by atoms with van der Waals surface area (Å²) in [4.78, 5) is 37.3. The number of halogens is 1. The molecule has 0 spiro atoms. The van der Waals surface area contributed by atoms with E-state index in [1.807, 2.05) is 0 Å². The van der Waals surface area contributed by atoms with E-state index in [-0.39, 0.29) is 47.6 Å². The summed E-state index contributed by atoms with van der Waals surface area (Å²) in [5.74, 6) is 0.457. The summed E-state index contributed by atoms with van der Waals surface area (Å²) in [6, 6.07) is 0.930. The van der Waals surface area contributed by atoms with Gasteiger partial charge in [-0.3, -0.25) is 4.79 Å². The number of aliphatic hydroxyl groups is 1. The van der Waals surface area contributed by atoms with Crippen LogP contribution >= 0.6 is 11.6 Å². The number of carbonyl (C=O) groups is 2. The molecule has 2 aliphatic rings. The molecule has 30 heavy (non-hydrogen) atoms. The first-order valence-corrected chi connectivity index (χ1v) is 9.92. The number of rotatable bonds is 5. The van der Waals surface area contributed by atoms with Crippen LogP contribution in [0.3, 0.4) is 0 Å². The lowest BCUT2D eigenvalue weighted by Gasteiger charge is -2.34. The number of aryl methyl sites for hydroxylation is 1. The largest absolute Gasteiger partial charge is 0.471 e. The molecule has 0 saturated carbocycles. The van der Waals surface area contributed by atoms with Crippen LogP contribution in [0.1, 0.15) is 34.5 Å². The van der Waals surface area contributed by atoms with Crippen LogP contribution in [0.5, 0.6) is 5.88 Å². The van der Waals surface area contributed by atoms with E-state index in [0.717, 1.165) is 0 Å². The van der Waals surface area contributed by atoms with Gasteiger partial charge in [0.2, 0.25) is 11.7 Å². The quantitative estimate of drug-likeness (QED) is 0.535. The van der Waals surface area contributed by atoms with Gasteiger partial charge in [0, 0.05) is 24.0 Å². The van der Waals surface area contributed by atoms with Crippen LogP contribution < -0.4 is 15.0 Å². The number of pyridine rings is 1. The van der Waals surface area contributed by atoms with Crippen LogP contribution in [0.25, 0.3) is 0 Å². The highest BCUT2D eigenvalue weighted by Gasteiger charge is 2.49. The summed E-state index contributed by atoms with van der Waals surface area (Å²) >= 11 is 6.22. The van der Waals surface area contributed by atoms with Gasteiger partial charge in [0.15, 0.2) is 6.29 Å². The van der Waals surface area contributed by atoms with E-state index in [2.05, 4.69) is 15.0 Å². The van der Waals surface area contributed by atoms with Crippen molar-refractivity contribution >= 4 is 35.7 Å². The standard InChI is InChI=1S/C19H20ClN5O5/c20-14-7-22-19(24-17(14)30-13-3-5-29-10-13)25(18(21)28)4-1-2-11-6-12(8-26)15(9-27)23-16(11)25/h6-7,9,13,26H,1-5,8,10H2,(H-,21,28)/p+1/t13?,25-/m1/s1. The van der Waals surface area contributed by atoms with Gasteiger partial charge in [-0.15, -0.1) is 9.47 Å². The van der Waals surface area contributed by atoms with Crippen molar-refractivity contribution in [3.8, 4) is 5.88 Å². The zero-order valence-corrected chi connectivity index (χ0v) is 16.8. The number of aldehydes is 1. The first-order valence-electron chi connectivity index (χ1n) is 9.54.